The van der Waals surface area contributed by atoms with E-state index in [4.69, 9.17) is 4.98 Å². The van der Waals surface area contributed by atoms with E-state index in [1.165, 1.54) is 6.26 Å². The van der Waals surface area contributed by atoms with Gasteiger partial charge in [0.2, 0.25) is 5.95 Å². The van der Waals surface area contributed by atoms with Crippen molar-refractivity contribution < 1.29 is 13.5 Å². The van der Waals surface area contributed by atoms with Crippen LogP contribution in [0.3, 0.4) is 0 Å². The minimum Gasteiger partial charge on any atom is -0.386 e. The molecule has 1 aliphatic rings. The Hall–Kier alpha value is -2.45. The third-order valence-corrected chi connectivity index (χ3v) is 7.16. The molecule has 1 aromatic carbocycles. The number of anilines is 1. The van der Waals surface area contributed by atoms with Crippen LogP contribution in [0.15, 0.2) is 35.4 Å². The molecule has 0 spiro atoms. The van der Waals surface area contributed by atoms with E-state index in [9.17, 15) is 13.5 Å². The maximum Gasteiger partial charge on any atom is 0.226 e. The molecule has 0 saturated carbocycles. The number of benzene rings is 1. The van der Waals surface area contributed by atoms with E-state index in [0.717, 1.165) is 27.9 Å². The normalized spacial score (nSPS) is 17.4. The molecule has 166 valence electrons. The van der Waals surface area contributed by atoms with Gasteiger partial charge in [-0.2, -0.15) is 0 Å². The van der Waals surface area contributed by atoms with Gasteiger partial charge in [0.15, 0.2) is 9.84 Å². The predicted molar refractivity (Wildman–Crippen MR) is 122 cm³/mol. The number of aromatic nitrogens is 3. The Bertz CT molecular complexity index is 1260. The van der Waals surface area contributed by atoms with E-state index in [1.807, 2.05) is 13.0 Å². The van der Waals surface area contributed by atoms with Crippen LogP contribution in [0, 0.1) is 12.8 Å². The highest BCUT2D eigenvalue weighted by Gasteiger charge is 2.34. The highest BCUT2D eigenvalue weighted by Crippen LogP contribution is 2.38. The summed E-state index contributed by atoms with van der Waals surface area (Å²) in [6.45, 7) is 11.1. The molecular formula is C23H30N4O3S. The van der Waals surface area contributed by atoms with E-state index in [0.29, 0.717) is 23.9 Å². The summed E-state index contributed by atoms with van der Waals surface area (Å²) in [4.78, 5) is 11.9. The number of fused-ring (bicyclic) bond motifs is 3. The maximum atomic E-state index is 12.1. The van der Waals surface area contributed by atoms with Crippen LogP contribution >= 0.6 is 0 Å². The predicted octanol–water partition coefficient (Wildman–Crippen LogP) is 3.59. The van der Waals surface area contributed by atoms with Crippen molar-refractivity contribution in [3.8, 4) is 0 Å². The zero-order valence-electron chi connectivity index (χ0n) is 18.9. The van der Waals surface area contributed by atoms with Gasteiger partial charge in [-0.05, 0) is 44.9 Å². The van der Waals surface area contributed by atoms with Gasteiger partial charge in [-0.1, -0.05) is 19.9 Å². The van der Waals surface area contributed by atoms with Crippen molar-refractivity contribution in [1.29, 1.82) is 0 Å². The number of hydrogen-bond donors (Lipinski definition) is 1. The maximum absolute atomic E-state index is 12.1. The van der Waals surface area contributed by atoms with Crippen LogP contribution in [0.5, 0.6) is 0 Å². The third kappa shape index (κ3) is 3.83. The van der Waals surface area contributed by atoms with Crippen molar-refractivity contribution in [3.05, 3.63) is 47.4 Å². The summed E-state index contributed by atoms with van der Waals surface area (Å²) in [5, 5.41) is 11.4. The van der Waals surface area contributed by atoms with Crippen molar-refractivity contribution in [2.45, 2.75) is 57.7 Å². The number of nitrogens with zero attached hydrogens (tertiary/aromatic N) is 4. The quantitative estimate of drug-likeness (QED) is 0.664. The number of rotatable bonds is 4. The summed E-state index contributed by atoms with van der Waals surface area (Å²) in [5.41, 5.74) is 2.57. The summed E-state index contributed by atoms with van der Waals surface area (Å²) < 4.78 is 26.3. The monoisotopic (exact) mass is 442 g/mol. The molecule has 0 bridgehead atoms. The molecule has 2 aromatic heterocycles. The van der Waals surface area contributed by atoms with Gasteiger partial charge in [-0.15, -0.1) is 0 Å². The molecule has 0 amide bonds. The molecule has 1 atom stereocenters. The number of hydrogen-bond acceptors (Lipinski definition) is 6. The lowest BCUT2D eigenvalue weighted by Gasteiger charge is -2.39. The molecule has 3 aromatic rings. The van der Waals surface area contributed by atoms with Crippen LogP contribution in [0.1, 0.15) is 50.7 Å². The Morgan fingerprint density at radius 1 is 1.19 bits per heavy atom. The lowest BCUT2D eigenvalue weighted by Crippen LogP contribution is -2.41. The average molecular weight is 443 g/mol. The number of sulfone groups is 1. The van der Waals surface area contributed by atoms with Gasteiger partial charge in [-0.3, -0.25) is 0 Å². The third-order valence-electron chi connectivity index (χ3n) is 6.05. The zero-order valence-corrected chi connectivity index (χ0v) is 19.7. The van der Waals surface area contributed by atoms with Gasteiger partial charge < -0.3 is 14.6 Å². The second-order valence-corrected chi connectivity index (χ2v) is 11.3. The molecule has 31 heavy (non-hydrogen) atoms. The Morgan fingerprint density at radius 2 is 1.90 bits per heavy atom. The van der Waals surface area contributed by atoms with Gasteiger partial charge in [-0.25, -0.2) is 18.4 Å². The van der Waals surface area contributed by atoms with Gasteiger partial charge in [0.25, 0.3) is 0 Å². The molecule has 0 radical (unpaired) electrons. The van der Waals surface area contributed by atoms with Crippen molar-refractivity contribution in [1.82, 2.24) is 14.5 Å². The number of aliphatic hydroxyl groups is 1. The van der Waals surface area contributed by atoms with Crippen molar-refractivity contribution in [2.24, 2.45) is 5.92 Å². The average Bonchev–Trinajstić information content (AvgIpc) is 3.02. The molecule has 1 N–H and O–H groups in total. The minimum absolute atomic E-state index is 0.0511. The second-order valence-electron chi connectivity index (χ2n) is 9.32. The largest absolute Gasteiger partial charge is 0.386 e. The van der Waals surface area contributed by atoms with Gasteiger partial charge in [0.1, 0.15) is 0 Å². The lowest BCUT2D eigenvalue weighted by atomic mass is 9.97. The molecular weight excluding hydrogens is 412 g/mol. The van der Waals surface area contributed by atoms with E-state index < -0.39 is 15.4 Å². The van der Waals surface area contributed by atoms with E-state index in [-0.39, 0.29) is 12.0 Å². The van der Waals surface area contributed by atoms with E-state index >= 15 is 0 Å². The molecule has 0 saturated heterocycles. The first kappa shape index (κ1) is 21.8. The fourth-order valence-corrected chi connectivity index (χ4v) is 5.25. The smallest absolute Gasteiger partial charge is 0.226 e. The van der Waals surface area contributed by atoms with Gasteiger partial charge >= 0.3 is 0 Å². The van der Waals surface area contributed by atoms with Crippen LogP contribution in [0.25, 0.3) is 10.9 Å². The highest BCUT2D eigenvalue weighted by atomic mass is 32.2. The molecule has 4 rings (SSSR count). The van der Waals surface area contributed by atoms with E-state index in [1.54, 1.807) is 32.2 Å². The van der Waals surface area contributed by atoms with Crippen LogP contribution in [0.4, 0.5) is 5.95 Å². The fourth-order valence-electron chi connectivity index (χ4n) is 4.61. The summed E-state index contributed by atoms with van der Waals surface area (Å²) in [6, 6.07) is 7.54. The second kappa shape index (κ2) is 7.31. The first-order valence-corrected chi connectivity index (χ1v) is 12.4. The van der Waals surface area contributed by atoms with E-state index in [2.05, 4.69) is 34.4 Å². The molecule has 1 aliphatic heterocycles. The lowest BCUT2D eigenvalue weighted by molar-refractivity contribution is 0.0770. The van der Waals surface area contributed by atoms with Crippen LogP contribution < -0.4 is 4.90 Å². The summed E-state index contributed by atoms with van der Waals surface area (Å²) in [5.74, 6) is 0.938. The Labute approximate surface area is 183 Å². The zero-order chi connectivity index (χ0) is 22.7. The van der Waals surface area contributed by atoms with Gasteiger partial charge in [0, 0.05) is 53.4 Å². The topological polar surface area (TPSA) is 88.3 Å². The van der Waals surface area contributed by atoms with Crippen LogP contribution in [-0.4, -0.2) is 40.9 Å². The fraction of sp³-hybridized carbons (Fsp3) is 0.478. The summed E-state index contributed by atoms with van der Waals surface area (Å²) in [7, 11) is -3.27. The molecule has 0 unspecified atom stereocenters. The summed E-state index contributed by atoms with van der Waals surface area (Å²) >= 11 is 0. The molecule has 0 aliphatic carbocycles. The van der Waals surface area contributed by atoms with Gasteiger partial charge in [0.05, 0.1) is 16.5 Å². The molecule has 0 fully saturated rings. The Kier molecular flexibility index (Phi) is 5.13. The highest BCUT2D eigenvalue weighted by molar-refractivity contribution is 7.90. The molecule has 8 heteroatoms. The van der Waals surface area contributed by atoms with Crippen molar-refractivity contribution in [2.75, 3.05) is 17.7 Å². The standard InChI is InChI=1S/C23H30N4O3S/c1-14(2)21-20-11-16-7-8-17(31(6,29)30)12-19(16)26(20)9-10-27(21)22-24-13-18(15(3)25-22)23(4,5)28/h7-8,11-14,21,28H,9-10H2,1-6H3/t21-/m1/s1. The van der Waals surface area contributed by atoms with Crippen LogP contribution in [-0.2, 0) is 22.0 Å². The first-order valence-electron chi connectivity index (χ1n) is 10.5. The molecule has 3 heterocycles. The van der Waals surface area contributed by atoms with Crippen molar-refractivity contribution in [3.63, 3.8) is 0 Å². The van der Waals surface area contributed by atoms with Crippen molar-refractivity contribution >= 4 is 26.7 Å². The Balaban J connectivity index is 1.81. The first-order chi connectivity index (χ1) is 14.4. The Morgan fingerprint density at radius 3 is 2.48 bits per heavy atom. The SMILES string of the molecule is Cc1nc(N2CCn3c(cc4ccc(S(C)(=O)=O)cc43)[C@H]2C(C)C)ncc1C(C)(C)O. The minimum atomic E-state index is -3.27. The summed E-state index contributed by atoms with van der Waals surface area (Å²) in [6.07, 6.45) is 2.96. The van der Waals surface area contributed by atoms with Crippen LogP contribution in [0.2, 0.25) is 0 Å². The molecule has 7 nitrogen and oxygen atoms in total. The number of aryl methyl sites for hydroxylation is 1.